The van der Waals surface area contributed by atoms with Crippen molar-refractivity contribution >= 4 is 11.8 Å². The Bertz CT molecular complexity index is 1110. The average molecular weight is 491 g/mol. The molecule has 7 heteroatoms. The molecule has 0 fully saturated rings. The van der Waals surface area contributed by atoms with Gasteiger partial charge in [-0.1, -0.05) is 31.2 Å². The van der Waals surface area contributed by atoms with Crippen LogP contribution in [0, 0.1) is 6.92 Å². The smallest absolute Gasteiger partial charge is 0.255 e. The van der Waals surface area contributed by atoms with Crippen molar-refractivity contribution < 1.29 is 14.3 Å². The van der Waals surface area contributed by atoms with Gasteiger partial charge in [0.15, 0.2) is 0 Å². The second-order valence-electron chi connectivity index (χ2n) is 9.15. The van der Waals surface area contributed by atoms with Crippen LogP contribution in [0.25, 0.3) is 0 Å². The van der Waals surface area contributed by atoms with Crippen LogP contribution in [0.3, 0.4) is 0 Å². The standard InChI is InChI=1S/C29H38N4O3/c1-5-24(3)33(21-27-14-9-16-31(27)20-26-12-7-6-11-23(26)2)28(34)22-32(17-10-18-36-4)29(35)25-13-8-15-30-19-25/h6-9,11-16,19,24H,5,10,17-18,20-22H2,1-4H3. The molecule has 2 heterocycles. The SMILES string of the molecule is CCC(C)N(Cc1cccn1Cc1ccccc1C)C(=O)CN(CCCOC)C(=O)c1cccnc1. The van der Waals surface area contributed by atoms with Gasteiger partial charge in [0.25, 0.3) is 5.91 Å². The van der Waals surface area contributed by atoms with Gasteiger partial charge in [-0.3, -0.25) is 14.6 Å². The summed E-state index contributed by atoms with van der Waals surface area (Å²) in [5.74, 6) is -0.262. The van der Waals surface area contributed by atoms with Crippen LogP contribution in [0.15, 0.2) is 67.1 Å². The van der Waals surface area contributed by atoms with Crippen LogP contribution in [-0.2, 0) is 22.6 Å². The Kier molecular flexibility index (Phi) is 10.2. The molecule has 0 saturated heterocycles. The Morgan fingerprint density at radius 3 is 2.61 bits per heavy atom. The number of hydrogen-bond acceptors (Lipinski definition) is 4. The van der Waals surface area contributed by atoms with Gasteiger partial charge in [-0.05, 0) is 62.1 Å². The molecule has 0 N–H and O–H groups in total. The predicted octanol–water partition coefficient (Wildman–Crippen LogP) is 4.55. The molecule has 192 valence electrons. The van der Waals surface area contributed by atoms with E-state index in [1.807, 2.05) is 17.0 Å². The predicted molar refractivity (Wildman–Crippen MR) is 142 cm³/mol. The maximum Gasteiger partial charge on any atom is 0.255 e. The molecular formula is C29H38N4O3. The van der Waals surface area contributed by atoms with Crippen molar-refractivity contribution in [2.75, 3.05) is 26.8 Å². The number of benzene rings is 1. The van der Waals surface area contributed by atoms with Crippen LogP contribution in [0.4, 0.5) is 0 Å². The van der Waals surface area contributed by atoms with Crippen LogP contribution in [0.5, 0.6) is 0 Å². The highest BCUT2D eigenvalue weighted by Crippen LogP contribution is 2.17. The van der Waals surface area contributed by atoms with E-state index in [2.05, 4.69) is 60.8 Å². The van der Waals surface area contributed by atoms with E-state index in [0.717, 1.165) is 18.7 Å². The quantitative estimate of drug-likeness (QED) is 0.330. The molecule has 3 aromatic rings. The third kappa shape index (κ3) is 7.28. The van der Waals surface area contributed by atoms with Crippen LogP contribution in [-0.4, -0.2) is 64.0 Å². The first-order valence-electron chi connectivity index (χ1n) is 12.6. The fourth-order valence-electron chi connectivity index (χ4n) is 4.18. The third-order valence-electron chi connectivity index (χ3n) is 6.60. The molecule has 0 aliphatic heterocycles. The molecule has 0 spiro atoms. The Labute approximate surface area is 214 Å². The molecule has 1 atom stereocenters. The van der Waals surface area contributed by atoms with Gasteiger partial charge < -0.3 is 19.1 Å². The van der Waals surface area contributed by atoms with E-state index < -0.39 is 0 Å². The minimum absolute atomic E-state index is 0.0142. The summed E-state index contributed by atoms with van der Waals surface area (Å²) in [5, 5.41) is 0. The number of amides is 2. The summed E-state index contributed by atoms with van der Waals surface area (Å²) >= 11 is 0. The summed E-state index contributed by atoms with van der Waals surface area (Å²) < 4.78 is 7.37. The van der Waals surface area contributed by atoms with E-state index in [1.54, 1.807) is 36.5 Å². The lowest BCUT2D eigenvalue weighted by atomic mass is 10.1. The first-order chi connectivity index (χ1) is 17.4. The fourth-order valence-corrected chi connectivity index (χ4v) is 4.18. The molecule has 0 radical (unpaired) electrons. The highest BCUT2D eigenvalue weighted by molar-refractivity contribution is 5.96. The number of carbonyl (C=O) groups is 2. The normalized spacial score (nSPS) is 11.8. The largest absolute Gasteiger partial charge is 0.385 e. The molecule has 1 unspecified atom stereocenters. The first-order valence-corrected chi connectivity index (χ1v) is 12.6. The van der Waals surface area contributed by atoms with E-state index in [1.165, 1.54) is 11.1 Å². The number of hydrogen-bond donors (Lipinski definition) is 0. The van der Waals surface area contributed by atoms with Crippen LogP contribution < -0.4 is 0 Å². The molecule has 3 rings (SSSR count). The summed E-state index contributed by atoms with van der Waals surface area (Å²) in [7, 11) is 1.63. The van der Waals surface area contributed by atoms with Gasteiger partial charge in [-0.25, -0.2) is 0 Å². The van der Waals surface area contributed by atoms with Gasteiger partial charge in [-0.2, -0.15) is 0 Å². The van der Waals surface area contributed by atoms with Gasteiger partial charge in [-0.15, -0.1) is 0 Å². The van der Waals surface area contributed by atoms with Crippen molar-refractivity contribution in [3.05, 3.63) is 89.5 Å². The fraction of sp³-hybridized carbons (Fsp3) is 0.414. The monoisotopic (exact) mass is 490 g/mol. The molecule has 0 bridgehead atoms. The zero-order valence-electron chi connectivity index (χ0n) is 21.9. The summed E-state index contributed by atoms with van der Waals surface area (Å²) in [6.07, 6.45) is 6.71. The molecular weight excluding hydrogens is 452 g/mol. The zero-order chi connectivity index (χ0) is 25.9. The Morgan fingerprint density at radius 1 is 1.11 bits per heavy atom. The van der Waals surface area contributed by atoms with E-state index in [0.29, 0.717) is 31.7 Å². The molecule has 0 aliphatic carbocycles. The van der Waals surface area contributed by atoms with Crippen molar-refractivity contribution in [3.63, 3.8) is 0 Å². The summed E-state index contributed by atoms with van der Waals surface area (Å²) in [4.78, 5) is 34.4. The number of rotatable bonds is 13. The van der Waals surface area contributed by atoms with Crippen molar-refractivity contribution in [2.45, 2.75) is 52.7 Å². The topological polar surface area (TPSA) is 67.7 Å². The maximum atomic E-state index is 13.6. The molecule has 7 nitrogen and oxygen atoms in total. The number of aryl methyl sites for hydroxylation is 1. The molecule has 0 saturated carbocycles. The lowest BCUT2D eigenvalue weighted by Crippen LogP contribution is -2.46. The number of aromatic nitrogens is 2. The van der Waals surface area contributed by atoms with Crippen LogP contribution in [0.1, 0.15) is 53.9 Å². The minimum Gasteiger partial charge on any atom is -0.385 e. The summed E-state index contributed by atoms with van der Waals surface area (Å²) in [6.45, 7) is 8.46. The maximum absolute atomic E-state index is 13.6. The molecule has 36 heavy (non-hydrogen) atoms. The third-order valence-corrected chi connectivity index (χ3v) is 6.60. The Hall–Kier alpha value is -3.45. The van der Waals surface area contributed by atoms with Gasteiger partial charge >= 0.3 is 0 Å². The number of nitrogens with zero attached hydrogens (tertiary/aromatic N) is 4. The minimum atomic E-state index is -0.195. The Balaban J connectivity index is 1.78. The van der Waals surface area contributed by atoms with E-state index in [-0.39, 0.29) is 24.4 Å². The second-order valence-corrected chi connectivity index (χ2v) is 9.15. The second kappa shape index (κ2) is 13.6. The average Bonchev–Trinajstić information content (AvgIpc) is 3.34. The number of carbonyl (C=O) groups excluding carboxylic acids is 2. The van der Waals surface area contributed by atoms with Gasteiger partial charge in [0.1, 0.15) is 6.54 Å². The van der Waals surface area contributed by atoms with E-state index in [4.69, 9.17) is 4.74 Å². The molecule has 2 aromatic heterocycles. The lowest BCUT2D eigenvalue weighted by molar-refractivity contribution is -0.134. The number of methoxy groups -OCH3 is 1. The highest BCUT2D eigenvalue weighted by Gasteiger charge is 2.25. The van der Waals surface area contributed by atoms with Crippen molar-refractivity contribution in [2.24, 2.45) is 0 Å². The Morgan fingerprint density at radius 2 is 1.92 bits per heavy atom. The molecule has 0 aliphatic rings. The molecule has 1 aromatic carbocycles. The summed E-state index contributed by atoms with van der Waals surface area (Å²) in [5.41, 5.74) is 4.04. The molecule has 2 amide bonds. The van der Waals surface area contributed by atoms with Crippen molar-refractivity contribution in [3.8, 4) is 0 Å². The lowest BCUT2D eigenvalue weighted by Gasteiger charge is -2.32. The summed E-state index contributed by atoms with van der Waals surface area (Å²) in [6, 6.07) is 15.9. The van der Waals surface area contributed by atoms with Gasteiger partial charge in [0.2, 0.25) is 5.91 Å². The highest BCUT2D eigenvalue weighted by atomic mass is 16.5. The van der Waals surface area contributed by atoms with Crippen molar-refractivity contribution in [1.29, 1.82) is 0 Å². The number of ether oxygens (including phenoxy) is 1. The van der Waals surface area contributed by atoms with Crippen LogP contribution in [0.2, 0.25) is 0 Å². The van der Waals surface area contributed by atoms with Gasteiger partial charge in [0, 0.05) is 57.1 Å². The first kappa shape index (κ1) is 27.1. The van der Waals surface area contributed by atoms with E-state index >= 15 is 0 Å². The van der Waals surface area contributed by atoms with Crippen LogP contribution >= 0.6 is 0 Å². The number of pyridine rings is 1. The van der Waals surface area contributed by atoms with Gasteiger partial charge in [0.05, 0.1) is 12.1 Å². The van der Waals surface area contributed by atoms with Crippen molar-refractivity contribution in [1.82, 2.24) is 19.4 Å². The zero-order valence-corrected chi connectivity index (χ0v) is 21.9. The van der Waals surface area contributed by atoms with E-state index in [9.17, 15) is 9.59 Å².